The average molecular weight is 436 g/mol. The van der Waals surface area contributed by atoms with Crippen LogP contribution in [-0.2, 0) is 6.42 Å². The Morgan fingerprint density at radius 1 is 1.06 bits per heavy atom. The van der Waals surface area contributed by atoms with Gasteiger partial charge in [-0.15, -0.1) is 0 Å². The predicted molar refractivity (Wildman–Crippen MR) is 124 cm³/mol. The highest BCUT2D eigenvalue weighted by Crippen LogP contribution is 2.24. The van der Waals surface area contributed by atoms with Crippen molar-refractivity contribution in [1.29, 1.82) is 0 Å². The largest absolute Gasteiger partial charge is 0.418 e. The minimum Gasteiger partial charge on any atom is -0.418 e. The van der Waals surface area contributed by atoms with Crippen molar-refractivity contribution < 1.29 is 9.21 Å². The van der Waals surface area contributed by atoms with Gasteiger partial charge in [-0.1, -0.05) is 24.6 Å². The van der Waals surface area contributed by atoms with Crippen molar-refractivity contribution in [3.8, 4) is 0 Å². The summed E-state index contributed by atoms with van der Waals surface area (Å²) in [6.45, 7) is 9.84. The number of carbonyl (C=O) groups excluding carboxylic acids is 1. The van der Waals surface area contributed by atoms with Gasteiger partial charge in [-0.05, 0) is 51.2 Å². The number of piperidine rings is 1. The topological polar surface area (TPSA) is 109 Å². The Hall–Kier alpha value is -3.49. The van der Waals surface area contributed by atoms with Gasteiger partial charge in [0.05, 0.1) is 6.20 Å². The zero-order valence-corrected chi connectivity index (χ0v) is 19.0. The molecule has 2 aromatic heterocycles. The van der Waals surface area contributed by atoms with Gasteiger partial charge in [-0.25, -0.2) is 4.98 Å². The number of hydrogen-bond acceptors (Lipinski definition) is 8. The van der Waals surface area contributed by atoms with Crippen molar-refractivity contribution in [2.75, 3.05) is 28.6 Å². The smallest absolute Gasteiger partial charge is 0.302 e. The molecule has 9 nitrogen and oxygen atoms in total. The first kappa shape index (κ1) is 21.7. The zero-order chi connectivity index (χ0) is 22.7. The molecule has 0 unspecified atom stereocenters. The lowest BCUT2D eigenvalue weighted by Crippen LogP contribution is -2.31. The van der Waals surface area contributed by atoms with E-state index in [1.54, 1.807) is 0 Å². The molecule has 32 heavy (non-hydrogen) atoms. The summed E-state index contributed by atoms with van der Waals surface area (Å²) in [4.78, 5) is 32.6. The van der Waals surface area contributed by atoms with Crippen LogP contribution in [0.15, 0.2) is 22.7 Å². The van der Waals surface area contributed by atoms with Crippen LogP contribution in [0.2, 0.25) is 0 Å². The second kappa shape index (κ2) is 9.33. The first-order valence-corrected chi connectivity index (χ1v) is 11.0. The van der Waals surface area contributed by atoms with Gasteiger partial charge in [0.1, 0.15) is 5.82 Å². The van der Waals surface area contributed by atoms with Crippen LogP contribution < -0.4 is 15.5 Å². The van der Waals surface area contributed by atoms with Crippen LogP contribution in [-0.4, -0.2) is 38.9 Å². The molecule has 168 valence electrons. The number of hydrogen-bond donors (Lipinski definition) is 2. The Kier molecular flexibility index (Phi) is 6.34. The quantitative estimate of drug-likeness (QED) is 0.589. The SMILES string of the molecule is CCc1nc(Nc2ncc(C(=O)Nc3c(C)cc(C)cc3C)o2)nc(N2CCCCC2)n1. The summed E-state index contributed by atoms with van der Waals surface area (Å²) in [7, 11) is 0. The number of nitrogens with zero attached hydrogens (tertiary/aromatic N) is 5. The van der Waals surface area contributed by atoms with E-state index in [1.165, 1.54) is 12.6 Å². The van der Waals surface area contributed by atoms with E-state index in [-0.39, 0.29) is 17.7 Å². The highest BCUT2D eigenvalue weighted by molar-refractivity contribution is 6.03. The molecule has 1 fully saturated rings. The summed E-state index contributed by atoms with van der Waals surface area (Å²) in [5, 5.41) is 5.90. The lowest BCUT2D eigenvalue weighted by molar-refractivity contribution is 0.0997. The molecule has 9 heteroatoms. The molecule has 3 heterocycles. The first-order valence-electron chi connectivity index (χ1n) is 11.0. The standard InChI is InChI=1S/C23H29N7O2/c1-5-18-25-21(28-22(26-18)30-9-7-6-8-10-30)29-23-24-13-17(32-23)20(31)27-19-15(3)11-14(2)12-16(19)4/h11-13H,5-10H2,1-4H3,(H,27,31)(H,24,25,26,28,29). The van der Waals surface area contributed by atoms with Crippen LogP contribution in [0.3, 0.4) is 0 Å². The van der Waals surface area contributed by atoms with E-state index in [0.717, 1.165) is 48.3 Å². The van der Waals surface area contributed by atoms with E-state index in [9.17, 15) is 4.79 Å². The summed E-state index contributed by atoms with van der Waals surface area (Å²) in [6.07, 6.45) is 5.58. The molecule has 1 saturated heterocycles. The molecule has 0 aliphatic carbocycles. The van der Waals surface area contributed by atoms with Gasteiger partial charge >= 0.3 is 6.01 Å². The third-order valence-electron chi connectivity index (χ3n) is 5.49. The molecule has 1 amide bonds. The van der Waals surface area contributed by atoms with Crippen LogP contribution >= 0.6 is 0 Å². The number of anilines is 4. The van der Waals surface area contributed by atoms with E-state index in [2.05, 4.69) is 35.5 Å². The molecule has 1 aliphatic heterocycles. The molecule has 4 rings (SSSR count). The van der Waals surface area contributed by atoms with Crippen LogP contribution in [0.25, 0.3) is 0 Å². The maximum Gasteiger partial charge on any atom is 0.302 e. The molecule has 0 atom stereocenters. The van der Waals surface area contributed by atoms with Gasteiger partial charge in [-0.2, -0.15) is 15.0 Å². The van der Waals surface area contributed by atoms with Crippen LogP contribution in [0.1, 0.15) is 59.3 Å². The van der Waals surface area contributed by atoms with Crippen molar-refractivity contribution in [3.63, 3.8) is 0 Å². The number of rotatable bonds is 6. The highest BCUT2D eigenvalue weighted by atomic mass is 16.4. The predicted octanol–water partition coefficient (Wildman–Crippen LogP) is 4.33. The van der Waals surface area contributed by atoms with Crippen molar-refractivity contribution in [2.24, 2.45) is 0 Å². The lowest BCUT2D eigenvalue weighted by atomic mass is 10.1. The van der Waals surface area contributed by atoms with E-state index in [1.807, 2.05) is 39.8 Å². The van der Waals surface area contributed by atoms with Crippen LogP contribution in [0, 0.1) is 20.8 Å². The fourth-order valence-corrected chi connectivity index (χ4v) is 3.94. The number of amides is 1. The van der Waals surface area contributed by atoms with Gasteiger partial charge in [0.15, 0.2) is 0 Å². The molecule has 1 aliphatic rings. The van der Waals surface area contributed by atoms with Crippen molar-refractivity contribution in [3.05, 3.63) is 46.6 Å². The van der Waals surface area contributed by atoms with E-state index >= 15 is 0 Å². The number of carbonyl (C=O) groups is 1. The second-order valence-corrected chi connectivity index (χ2v) is 8.16. The minimum atomic E-state index is -0.362. The van der Waals surface area contributed by atoms with E-state index in [4.69, 9.17) is 4.42 Å². The number of benzene rings is 1. The van der Waals surface area contributed by atoms with E-state index in [0.29, 0.717) is 24.1 Å². The van der Waals surface area contributed by atoms with Gasteiger partial charge in [0, 0.05) is 25.2 Å². The van der Waals surface area contributed by atoms with E-state index < -0.39 is 0 Å². The molecule has 1 aromatic carbocycles. The Balaban J connectivity index is 1.50. The van der Waals surface area contributed by atoms with Crippen molar-refractivity contribution in [2.45, 2.75) is 53.4 Å². The fourth-order valence-electron chi connectivity index (χ4n) is 3.94. The third kappa shape index (κ3) is 4.87. The van der Waals surface area contributed by atoms with Gasteiger partial charge in [-0.3, -0.25) is 10.1 Å². The summed E-state index contributed by atoms with van der Waals surface area (Å²) < 4.78 is 5.64. The average Bonchev–Trinajstić information content (AvgIpc) is 3.25. The zero-order valence-electron chi connectivity index (χ0n) is 19.0. The molecule has 0 bridgehead atoms. The number of aromatic nitrogens is 4. The number of nitrogens with one attached hydrogen (secondary N) is 2. The molecule has 0 saturated carbocycles. The first-order chi connectivity index (χ1) is 15.4. The normalized spacial score (nSPS) is 13.8. The Morgan fingerprint density at radius 2 is 1.78 bits per heavy atom. The van der Waals surface area contributed by atoms with Crippen LogP contribution in [0.5, 0.6) is 0 Å². The minimum absolute atomic E-state index is 0.105. The van der Waals surface area contributed by atoms with Crippen LogP contribution in [0.4, 0.5) is 23.6 Å². The molecule has 0 radical (unpaired) electrons. The van der Waals surface area contributed by atoms with Gasteiger partial charge in [0.2, 0.25) is 17.7 Å². The Labute approximate surface area is 187 Å². The lowest BCUT2D eigenvalue weighted by Gasteiger charge is -2.26. The molecule has 3 aromatic rings. The summed E-state index contributed by atoms with van der Waals surface area (Å²) in [5.41, 5.74) is 3.92. The van der Waals surface area contributed by atoms with Crippen molar-refractivity contribution >= 4 is 29.5 Å². The number of aryl methyl sites for hydroxylation is 4. The third-order valence-corrected chi connectivity index (χ3v) is 5.49. The number of oxazole rings is 1. The van der Waals surface area contributed by atoms with Gasteiger partial charge < -0.3 is 14.6 Å². The molecule has 0 spiro atoms. The fraction of sp³-hybridized carbons (Fsp3) is 0.435. The monoisotopic (exact) mass is 435 g/mol. The Bertz CT molecular complexity index is 1100. The summed E-state index contributed by atoms with van der Waals surface area (Å²) >= 11 is 0. The second-order valence-electron chi connectivity index (χ2n) is 8.16. The summed E-state index contributed by atoms with van der Waals surface area (Å²) in [5.74, 6) is 1.45. The molecular weight excluding hydrogens is 406 g/mol. The van der Waals surface area contributed by atoms with Crippen molar-refractivity contribution in [1.82, 2.24) is 19.9 Å². The molecular formula is C23H29N7O2. The highest BCUT2D eigenvalue weighted by Gasteiger charge is 2.18. The molecule has 2 N–H and O–H groups in total. The Morgan fingerprint density at radius 3 is 2.47 bits per heavy atom. The van der Waals surface area contributed by atoms with Gasteiger partial charge in [0.25, 0.3) is 5.91 Å². The summed E-state index contributed by atoms with van der Waals surface area (Å²) in [6, 6.07) is 4.22. The maximum atomic E-state index is 12.7. The maximum absolute atomic E-state index is 12.7.